The SMILES string of the molecule is COCCCN1C(=O)C(C)(C)Oc2ccc(N(C(=O)[C@H]3CNC[C@@H](NC(=O)C4(C#N)CCOCC4)C3)C3CC3)cc21. The van der Waals surface area contributed by atoms with Gasteiger partial charge in [0, 0.05) is 64.3 Å². The minimum absolute atomic E-state index is 0.00530. The Kier molecular flexibility index (Phi) is 8.55. The van der Waals surface area contributed by atoms with Gasteiger partial charge in [-0.1, -0.05) is 0 Å². The highest BCUT2D eigenvalue weighted by atomic mass is 16.5. The van der Waals surface area contributed by atoms with Crippen LogP contribution in [0.5, 0.6) is 5.75 Å². The quantitative estimate of drug-likeness (QED) is 0.434. The topological polar surface area (TPSA) is 133 Å². The van der Waals surface area contributed by atoms with Crippen LogP contribution < -0.4 is 25.2 Å². The number of ether oxygens (including phenoxy) is 3. The van der Waals surface area contributed by atoms with Gasteiger partial charge >= 0.3 is 0 Å². The van der Waals surface area contributed by atoms with Crippen molar-refractivity contribution in [2.45, 2.75) is 70.1 Å². The van der Waals surface area contributed by atoms with Crippen molar-refractivity contribution in [1.29, 1.82) is 5.26 Å². The van der Waals surface area contributed by atoms with Gasteiger partial charge in [-0.15, -0.1) is 0 Å². The Hall–Kier alpha value is -3.20. The van der Waals surface area contributed by atoms with Gasteiger partial charge in [0.1, 0.15) is 11.2 Å². The summed E-state index contributed by atoms with van der Waals surface area (Å²) in [5, 5.41) is 16.1. The lowest BCUT2D eigenvalue weighted by molar-refractivity contribution is -0.134. The number of amides is 3. The van der Waals surface area contributed by atoms with E-state index in [1.807, 2.05) is 23.1 Å². The number of piperidine rings is 1. The van der Waals surface area contributed by atoms with E-state index >= 15 is 0 Å². The number of carbonyl (C=O) groups excluding carboxylic acids is 3. The Balaban J connectivity index is 1.33. The zero-order valence-corrected chi connectivity index (χ0v) is 24.2. The number of carbonyl (C=O) groups is 3. The molecule has 0 radical (unpaired) electrons. The van der Waals surface area contributed by atoms with Crippen LogP contribution in [0.3, 0.4) is 0 Å². The van der Waals surface area contributed by atoms with E-state index in [0.29, 0.717) is 76.6 Å². The van der Waals surface area contributed by atoms with Crippen LogP contribution in [0.4, 0.5) is 11.4 Å². The molecule has 4 aliphatic rings. The molecule has 2 atom stereocenters. The number of anilines is 2. The maximum absolute atomic E-state index is 14.0. The van der Waals surface area contributed by atoms with Crippen molar-refractivity contribution >= 4 is 29.1 Å². The van der Waals surface area contributed by atoms with Gasteiger partial charge < -0.3 is 34.6 Å². The van der Waals surface area contributed by atoms with Gasteiger partial charge in [0.2, 0.25) is 11.8 Å². The lowest BCUT2D eigenvalue weighted by Crippen LogP contribution is -2.56. The van der Waals surface area contributed by atoms with E-state index in [1.54, 1.807) is 25.9 Å². The molecule has 1 saturated carbocycles. The number of rotatable bonds is 9. The zero-order valence-electron chi connectivity index (χ0n) is 24.2. The number of nitrogens with zero attached hydrogens (tertiary/aromatic N) is 3. The van der Waals surface area contributed by atoms with E-state index in [9.17, 15) is 19.6 Å². The van der Waals surface area contributed by atoms with Crippen LogP contribution >= 0.6 is 0 Å². The summed E-state index contributed by atoms with van der Waals surface area (Å²) in [5.41, 5.74) is -0.676. The minimum atomic E-state index is -1.08. The van der Waals surface area contributed by atoms with Crippen molar-refractivity contribution in [3.63, 3.8) is 0 Å². The van der Waals surface area contributed by atoms with Crippen molar-refractivity contribution in [3.05, 3.63) is 18.2 Å². The number of nitrogens with one attached hydrogen (secondary N) is 2. The van der Waals surface area contributed by atoms with Crippen LogP contribution in [0.15, 0.2) is 18.2 Å². The summed E-state index contributed by atoms with van der Waals surface area (Å²) >= 11 is 0. The Bertz CT molecular complexity index is 1200. The van der Waals surface area contributed by atoms with Crippen LogP contribution in [0.25, 0.3) is 0 Å². The second-order valence-electron chi connectivity index (χ2n) is 12.1. The molecule has 222 valence electrons. The molecule has 5 rings (SSSR count). The molecule has 3 heterocycles. The summed E-state index contributed by atoms with van der Waals surface area (Å²) in [7, 11) is 1.64. The van der Waals surface area contributed by atoms with Crippen LogP contribution in [0.1, 0.15) is 52.4 Å². The summed E-state index contributed by atoms with van der Waals surface area (Å²) < 4.78 is 16.6. The third-order valence-electron chi connectivity index (χ3n) is 8.55. The van der Waals surface area contributed by atoms with E-state index in [0.717, 1.165) is 18.5 Å². The smallest absolute Gasteiger partial charge is 0.270 e. The summed E-state index contributed by atoms with van der Waals surface area (Å²) in [6.45, 7) is 6.37. The highest BCUT2D eigenvalue weighted by molar-refractivity contribution is 6.04. The summed E-state index contributed by atoms with van der Waals surface area (Å²) in [5.74, 6) is -0.140. The van der Waals surface area contributed by atoms with Gasteiger partial charge in [-0.05, 0) is 70.6 Å². The number of fused-ring (bicyclic) bond motifs is 1. The third-order valence-corrected chi connectivity index (χ3v) is 8.55. The fraction of sp³-hybridized carbons (Fsp3) is 0.667. The Morgan fingerprint density at radius 1 is 1.24 bits per heavy atom. The third kappa shape index (κ3) is 6.05. The van der Waals surface area contributed by atoms with E-state index in [1.165, 1.54) is 0 Å². The second-order valence-corrected chi connectivity index (χ2v) is 12.1. The number of nitriles is 1. The monoisotopic (exact) mass is 567 g/mol. The predicted octanol–water partition coefficient (Wildman–Crippen LogP) is 2.14. The second kappa shape index (κ2) is 12.0. The molecule has 41 heavy (non-hydrogen) atoms. The van der Waals surface area contributed by atoms with Crippen molar-refractivity contribution in [1.82, 2.24) is 10.6 Å². The minimum Gasteiger partial charge on any atom is -0.476 e. The molecule has 11 heteroatoms. The van der Waals surface area contributed by atoms with Crippen molar-refractivity contribution < 1.29 is 28.6 Å². The number of benzene rings is 1. The van der Waals surface area contributed by atoms with Crippen molar-refractivity contribution in [2.75, 3.05) is 56.4 Å². The standard InChI is InChI=1S/C30H41N5O6/c1-29(2)28(38)34(11-4-12-39-3)24-16-23(7-8-25(24)41-29)35(22-5-6-22)26(36)20-15-21(18-32-17-20)33-27(37)30(19-31)9-13-40-14-10-30/h7-8,16,20-22,32H,4-6,9-15,17-18H2,1-3H3,(H,33,37)/t20-,21+/m1/s1. The highest BCUT2D eigenvalue weighted by Crippen LogP contribution is 2.43. The Morgan fingerprint density at radius 3 is 2.68 bits per heavy atom. The maximum atomic E-state index is 14.0. The van der Waals surface area contributed by atoms with Crippen molar-refractivity contribution in [2.24, 2.45) is 11.3 Å². The average molecular weight is 568 g/mol. The molecular formula is C30H41N5O6. The largest absolute Gasteiger partial charge is 0.476 e. The first-order valence-electron chi connectivity index (χ1n) is 14.7. The van der Waals surface area contributed by atoms with Crippen LogP contribution in [0.2, 0.25) is 0 Å². The lowest BCUT2D eigenvalue weighted by Gasteiger charge is -2.40. The molecule has 0 bridgehead atoms. The molecule has 2 N–H and O–H groups in total. The Labute approximate surface area is 241 Å². The first kappa shape index (κ1) is 29.3. The molecule has 1 aliphatic carbocycles. The Morgan fingerprint density at radius 2 is 2.00 bits per heavy atom. The first-order valence-corrected chi connectivity index (χ1v) is 14.7. The lowest BCUT2D eigenvalue weighted by atomic mass is 9.80. The van der Waals surface area contributed by atoms with Crippen LogP contribution in [0, 0.1) is 22.7 Å². The van der Waals surface area contributed by atoms with E-state index in [-0.39, 0.29) is 35.7 Å². The van der Waals surface area contributed by atoms with E-state index < -0.39 is 11.0 Å². The molecule has 11 nitrogen and oxygen atoms in total. The summed E-state index contributed by atoms with van der Waals surface area (Å²) in [4.78, 5) is 44.1. The molecule has 3 fully saturated rings. The molecule has 0 aromatic heterocycles. The molecule has 2 saturated heterocycles. The van der Waals surface area contributed by atoms with E-state index in [4.69, 9.17) is 14.2 Å². The summed E-state index contributed by atoms with van der Waals surface area (Å²) in [6, 6.07) is 7.70. The fourth-order valence-corrected chi connectivity index (χ4v) is 6.02. The van der Waals surface area contributed by atoms with E-state index in [2.05, 4.69) is 16.7 Å². The average Bonchev–Trinajstić information content (AvgIpc) is 3.81. The van der Waals surface area contributed by atoms with Crippen LogP contribution in [-0.2, 0) is 23.9 Å². The number of hydrogen-bond acceptors (Lipinski definition) is 8. The molecular weight excluding hydrogens is 526 g/mol. The van der Waals surface area contributed by atoms with Gasteiger partial charge in [0.05, 0.1) is 17.7 Å². The highest BCUT2D eigenvalue weighted by Gasteiger charge is 2.44. The van der Waals surface area contributed by atoms with Gasteiger partial charge in [-0.3, -0.25) is 14.4 Å². The molecule has 3 aliphatic heterocycles. The normalized spacial score (nSPS) is 24.9. The molecule has 1 aromatic carbocycles. The fourth-order valence-electron chi connectivity index (χ4n) is 6.02. The van der Waals surface area contributed by atoms with Gasteiger partial charge in [-0.25, -0.2) is 0 Å². The van der Waals surface area contributed by atoms with Crippen molar-refractivity contribution in [3.8, 4) is 11.8 Å². The summed E-state index contributed by atoms with van der Waals surface area (Å²) in [6.07, 6.45) is 3.73. The zero-order chi connectivity index (χ0) is 29.2. The number of hydrogen-bond donors (Lipinski definition) is 2. The van der Waals surface area contributed by atoms with Gasteiger partial charge in [-0.2, -0.15) is 5.26 Å². The molecule has 1 aromatic rings. The van der Waals surface area contributed by atoms with Crippen LogP contribution in [-0.4, -0.2) is 82.0 Å². The maximum Gasteiger partial charge on any atom is 0.270 e. The predicted molar refractivity (Wildman–Crippen MR) is 152 cm³/mol. The molecule has 0 spiro atoms. The van der Waals surface area contributed by atoms with Gasteiger partial charge in [0.15, 0.2) is 5.60 Å². The molecule has 0 unspecified atom stereocenters. The van der Waals surface area contributed by atoms with Gasteiger partial charge in [0.25, 0.3) is 5.91 Å². The first-order chi connectivity index (χ1) is 19.7. The molecule has 3 amide bonds. The number of methoxy groups -OCH3 is 1.